The summed E-state index contributed by atoms with van der Waals surface area (Å²) in [6, 6.07) is 0. The predicted molar refractivity (Wildman–Crippen MR) is 55.8 cm³/mol. The lowest BCUT2D eigenvalue weighted by atomic mass is 11.2. The van der Waals surface area contributed by atoms with Gasteiger partial charge in [-0.25, -0.2) is 0 Å². The molecule has 0 radical (unpaired) electrons. The van der Waals surface area contributed by atoms with E-state index in [9.17, 15) is 0 Å². The minimum absolute atomic E-state index is 1.53. The highest BCUT2D eigenvalue weighted by molar-refractivity contribution is 7.25. The maximum absolute atomic E-state index is 6.05. The Labute approximate surface area is 74.7 Å². The fourth-order valence-electron chi connectivity index (χ4n) is 0.396. The van der Waals surface area contributed by atoms with Crippen LogP contribution in [0.1, 0.15) is 0 Å². The van der Waals surface area contributed by atoms with Gasteiger partial charge in [0.2, 0.25) is 0 Å². The molecule has 0 saturated carbocycles. The minimum atomic E-state index is -1.53. The molecule has 0 aromatic rings. The molecule has 0 rings (SSSR count). The number of hydrogen-bond donors (Lipinski definition) is 0. The van der Waals surface area contributed by atoms with Crippen LogP contribution in [-0.2, 0) is 0 Å². The smallest absolute Gasteiger partial charge is 0.162 e. The first kappa shape index (κ1) is 10.8. The van der Waals surface area contributed by atoms with Crippen LogP contribution in [-0.4, -0.2) is 14.8 Å². The third kappa shape index (κ3) is 8.75. The fourth-order valence-corrected chi connectivity index (χ4v) is 4.70. The Kier molecular flexibility index (Phi) is 3.69. The second kappa shape index (κ2) is 3.43. The van der Waals surface area contributed by atoms with Crippen LogP contribution in [0.3, 0.4) is 0 Å². The van der Waals surface area contributed by atoms with E-state index in [1.807, 2.05) is 0 Å². The third-order valence-electron chi connectivity index (χ3n) is 0.876. The zero-order valence-corrected chi connectivity index (χ0v) is 10.4. The molecule has 4 heteroatoms. The molecule has 10 heavy (non-hydrogen) atoms. The van der Waals surface area contributed by atoms with E-state index >= 15 is 0 Å². The second-order valence-corrected chi connectivity index (χ2v) is 16.2. The summed E-state index contributed by atoms with van der Waals surface area (Å²) in [7, 11) is -3.05. The van der Waals surface area contributed by atoms with Gasteiger partial charge in [0, 0.05) is 0 Å². The van der Waals surface area contributed by atoms with Crippen LogP contribution in [0.2, 0.25) is 26.2 Å². The first-order valence-electron chi connectivity index (χ1n) is 3.29. The lowest BCUT2D eigenvalue weighted by Gasteiger charge is -2.09. The highest BCUT2D eigenvalue weighted by Crippen LogP contribution is 2.14. The van der Waals surface area contributed by atoms with E-state index in [0.29, 0.717) is 0 Å². The van der Waals surface area contributed by atoms with E-state index < -0.39 is 14.8 Å². The Hall–Kier alpha value is 0.754. The Bertz CT molecular complexity index is 114. The molecular weight excluding hydrogens is 199 g/mol. The quantitative estimate of drug-likeness (QED) is 0.486. The van der Waals surface area contributed by atoms with Gasteiger partial charge in [-0.1, -0.05) is 37.6 Å². The number of hydrogen-bond acceptors (Lipinski definition) is 0. The van der Waals surface area contributed by atoms with Gasteiger partial charge in [0.25, 0.3) is 0 Å². The molecule has 0 aromatic carbocycles. The predicted octanol–water partition coefficient (Wildman–Crippen LogP) is 3.51. The van der Waals surface area contributed by atoms with Crippen molar-refractivity contribution < 1.29 is 0 Å². The standard InChI is InChI=1S/C6H14Cl2Si2/c1-9(2,7)5-6-10(3,4)8/h5-6H,1-4H3. The van der Waals surface area contributed by atoms with Crippen LogP contribution < -0.4 is 0 Å². The average molecular weight is 213 g/mol. The summed E-state index contributed by atoms with van der Waals surface area (Å²) in [5, 5.41) is 0. The zero-order valence-electron chi connectivity index (χ0n) is 6.91. The van der Waals surface area contributed by atoms with Gasteiger partial charge < -0.3 is 0 Å². The normalized spacial score (nSPS) is 14.6. The van der Waals surface area contributed by atoms with Crippen LogP contribution in [0.5, 0.6) is 0 Å². The molecule has 0 heterocycles. The Balaban J connectivity index is 4.01. The Morgan fingerprint density at radius 1 is 0.800 bits per heavy atom. The molecule has 0 fully saturated rings. The molecule has 0 spiro atoms. The van der Waals surface area contributed by atoms with E-state index in [4.69, 9.17) is 22.2 Å². The molecule has 0 amide bonds. The van der Waals surface area contributed by atoms with Gasteiger partial charge >= 0.3 is 0 Å². The summed E-state index contributed by atoms with van der Waals surface area (Å²) in [5.41, 5.74) is 4.21. The molecule has 0 unspecified atom stereocenters. The summed E-state index contributed by atoms with van der Waals surface area (Å²) in [6.07, 6.45) is 0. The molecule has 0 saturated heterocycles. The molecule has 0 aromatic heterocycles. The summed E-state index contributed by atoms with van der Waals surface area (Å²) < 4.78 is 0. The second-order valence-electron chi connectivity index (χ2n) is 3.46. The van der Waals surface area contributed by atoms with Gasteiger partial charge in [-0.2, -0.15) is 22.2 Å². The largest absolute Gasteiger partial charge is 0.173 e. The molecule has 0 nitrogen and oxygen atoms in total. The van der Waals surface area contributed by atoms with Crippen molar-refractivity contribution in [1.29, 1.82) is 0 Å². The third-order valence-corrected chi connectivity index (χ3v) is 3.88. The van der Waals surface area contributed by atoms with Crippen molar-refractivity contribution in [3.05, 3.63) is 11.4 Å². The van der Waals surface area contributed by atoms with Crippen LogP contribution in [0.25, 0.3) is 0 Å². The van der Waals surface area contributed by atoms with Crippen LogP contribution in [0, 0.1) is 0 Å². The first-order chi connectivity index (χ1) is 4.21. The monoisotopic (exact) mass is 212 g/mol. The highest BCUT2D eigenvalue weighted by Gasteiger charge is 2.16. The van der Waals surface area contributed by atoms with E-state index in [-0.39, 0.29) is 0 Å². The fraction of sp³-hybridized carbons (Fsp3) is 0.667. The highest BCUT2D eigenvalue weighted by atomic mass is 35.6. The maximum atomic E-state index is 6.05. The van der Waals surface area contributed by atoms with Crippen molar-refractivity contribution in [2.45, 2.75) is 26.2 Å². The van der Waals surface area contributed by atoms with Crippen molar-refractivity contribution in [2.24, 2.45) is 0 Å². The first-order valence-corrected chi connectivity index (χ1v) is 11.5. The van der Waals surface area contributed by atoms with E-state index in [0.717, 1.165) is 0 Å². The topological polar surface area (TPSA) is 0 Å². The molecule has 0 atom stereocenters. The van der Waals surface area contributed by atoms with Crippen molar-refractivity contribution in [1.82, 2.24) is 0 Å². The van der Waals surface area contributed by atoms with Crippen molar-refractivity contribution >= 4 is 36.9 Å². The van der Waals surface area contributed by atoms with Gasteiger partial charge in [-0.05, 0) is 0 Å². The summed E-state index contributed by atoms with van der Waals surface area (Å²) in [6.45, 7) is 8.34. The van der Waals surface area contributed by atoms with Crippen molar-refractivity contribution in [3.63, 3.8) is 0 Å². The lowest BCUT2D eigenvalue weighted by Crippen LogP contribution is -2.18. The van der Waals surface area contributed by atoms with Gasteiger partial charge in [-0.3, -0.25) is 0 Å². The average Bonchev–Trinajstić information content (AvgIpc) is 1.57. The molecular formula is C6H14Cl2Si2. The molecule has 0 aliphatic rings. The van der Waals surface area contributed by atoms with Crippen LogP contribution >= 0.6 is 22.2 Å². The van der Waals surface area contributed by atoms with Crippen molar-refractivity contribution in [3.8, 4) is 0 Å². The van der Waals surface area contributed by atoms with E-state index in [1.54, 1.807) is 0 Å². The van der Waals surface area contributed by atoms with Crippen molar-refractivity contribution in [2.75, 3.05) is 0 Å². The zero-order chi connectivity index (χ0) is 8.41. The summed E-state index contributed by atoms with van der Waals surface area (Å²) in [5.74, 6) is 0. The van der Waals surface area contributed by atoms with Gasteiger partial charge in [0.05, 0.1) is 0 Å². The summed E-state index contributed by atoms with van der Waals surface area (Å²) >= 11 is 12.1. The lowest BCUT2D eigenvalue weighted by molar-refractivity contribution is 1.90. The molecule has 0 aliphatic carbocycles. The van der Waals surface area contributed by atoms with E-state index in [1.165, 1.54) is 0 Å². The van der Waals surface area contributed by atoms with Gasteiger partial charge in [-0.15, -0.1) is 0 Å². The van der Waals surface area contributed by atoms with Crippen LogP contribution in [0.15, 0.2) is 11.4 Å². The minimum Gasteiger partial charge on any atom is -0.162 e. The molecule has 0 bridgehead atoms. The van der Waals surface area contributed by atoms with Crippen LogP contribution in [0.4, 0.5) is 0 Å². The van der Waals surface area contributed by atoms with E-state index in [2.05, 4.69) is 37.6 Å². The van der Waals surface area contributed by atoms with Gasteiger partial charge in [0.15, 0.2) is 14.8 Å². The molecule has 60 valence electrons. The number of rotatable bonds is 2. The SMILES string of the molecule is C[Si](C)(Cl)C=C[Si](C)(C)Cl. The molecule has 0 N–H and O–H groups in total. The van der Waals surface area contributed by atoms with Gasteiger partial charge in [0.1, 0.15) is 0 Å². The number of halogens is 2. The maximum Gasteiger partial charge on any atom is 0.173 e. The summed E-state index contributed by atoms with van der Waals surface area (Å²) in [4.78, 5) is 0. The Morgan fingerprint density at radius 3 is 1.10 bits per heavy atom. The molecule has 0 aliphatic heterocycles. The Morgan fingerprint density at radius 2 is 1.00 bits per heavy atom.